The Morgan fingerprint density at radius 3 is 2.75 bits per heavy atom. The number of rotatable bonds is 5. The summed E-state index contributed by atoms with van der Waals surface area (Å²) >= 11 is 5.87. The zero-order valence-electron chi connectivity index (χ0n) is 10.8. The SMILES string of the molecule is Nc1cccc(OCC(=O)NCc2cccc(Cl)c2)c1. The number of nitrogen functional groups attached to an aromatic ring is 1. The molecule has 0 fully saturated rings. The van der Waals surface area contributed by atoms with Crippen molar-refractivity contribution in [3.05, 3.63) is 59.1 Å². The van der Waals surface area contributed by atoms with Gasteiger partial charge in [-0.2, -0.15) is 0 Å². The van der Waals surface area contributed by atoms with Crippen molar-refractivity contribution in [1.82, 2.24) is 5.32 Å². The van der Waals surface area contributed by atoms with Gasteiger partial charge >= 0.3 is 0 Å². The van der Waals surface area contributed by atoms with Crippen molar-refractivity contribution in [2.75, 3.05) is 12.3 Å². The van der Waals surface area contributed by atoms with E-state index in [2.05, 4.69) is 5.32 Å². The number of halogens is 1. The first-order chi connectivity index (χ1) is 9.63. The van der Waals surface area contributed by atoms with E-state index in [0.29, 0.717) is 23.0 Å². The first-order valence-corrected chi connectivity index (χ1v) is 6.51. The van der Waals surface area contributed by atoms with Crippen LogP contribution in [0.1, 0.15) is 5.56 Å². The Kier molecular flexibility index (Phi) is 4.85. The van der Waals surface area contributed by atoms with E-state index in [0.717, 1.165) is 5.56 Å². The Balaban J connectivity index is 1.78. The molecule has 0 bridgehead atoms. The molecule has 20 heavy (non-hydrogen) atoms. The average molecular weight is 291 g/mol. The second-order valence-electron chi connectivity index (χ2n) is 4.27. The molecule has 4 nitrogen and oxygen atoms in total. The third-order valence-electron chi connectivity index (χ3n) is 2.61. The summed E-state index contributed by atoms with van der Waals surface area (Å²) < 4.78 is 5.34. The normalized spacial score (nSPS) is 10.1. The molecule has 3 N–H and O–H groups in total. The van der Waals surface area contributed by atoms with E-state index in [9.17, 15) is 4.79 Å². The Labute approximate surface area is 122 Å². The molecule has 0 aromatic heterocycles. The summed E-state index contributed by atoms with van der Waals surface area (Å²) in [5.74, 6) is 0.371. The number of nitrogens with one attached hydrogen (secondary N) is 1. The first-order valence-electron chi connectivity index (χ1n) is 6.13. The van der Waals surface area contributed by atoms with Gasteiger partial charge in [-0.1, -0.05) is 29.8 Å². The zero-order valence-corrected chi connectivity index (χ0v) is 11.6. The van der Waals surface area contributed by atoms with Gasteiger partial charge in [0.05, 0.1) is 0 Å². The lowest BCUT2D eigenvalue weighted by Crippen LogP contribution is -2.28. The molecule has 2 aromatic rings. The molecule has 5 heteroatoms. The van der Waals surface area contributed by atoms with Crippen molar-refractivity contribution in [1.29, 1.82) is 0 Å². The maximum atomic E-state index is 11.7. The molecule has 1 amide bonds. The van der Waals surface area contributed by atoms with Gasteiger partial charge in [0, 0.05) is 23.3 Å². The van der Waals surface area contributed by atoms with Gasteiger partial charge in [-0.3, -0.25) is 4.79 Å². The van der Waals surface area contributed by atoms with Crippen LogP contribution in [-0.4, -0.2) is 12.5 Å². The summed E-state index contributed by atoms with van der Waals surface area (Å²) in [6, 6.07) is 14.3. The highest BCUT2D eigenvalue weighted by molar-refractivity contribution is 6.30. The van der Waals surface area contributed by atoms with Gasteiger partial charge in [-0.15, -0.1) is 0 Å². The molecule has 0 saturated carbocycles. The summed E-state index contributed by atoms with van der Waals surface area (Å²) in [6.45, 7) is 0.365. The van der Waals surface area contributed by atoms with Gasteiger partial charge in [0.25, 0.3) is 5.91 Å². The van der Waals surface area contributed by atoms with Crippen LogP contribution in [0.4, 0.5) is 5.69 Å². The highest BCUT2D eigenvalue weighted by Gasteiger charge is 2.03. The van der Waals surface area contributed by atoms with Gasteiger partial charge in [0.15, 0.2) is 6.61 Å². The highest BCUT2D eigenvalue weighted by atomic mass is 35.5. The number of hydrogen-bond donors (Lipinski definition) is 2. The van der Waals surface area contributed by atoms with Gasteiger partial charge in [0.2, 0.25) is 0 Å². The van der Waals surface area contributed by atoms with Crippen molar-refractivity contribution in [2.24, 2.45) is 0 Å². The molecule has 0 spiro atoms. The third kappa shape index (κ3) is 4.48. The Hall–Kier alpha value is -2.20. The third-order valence-corrected chi connectivity index (χ3v) is 2.84. The van der Waals surface area contributed by atoms with Crippen LogP contribution in [-0.2, 0) is 11.3 Å². The Bertz CT molecular complexity index is 550. The van der Waals surface area contributed by atoms with Crippen LogP contribution in [0.2, 0.25) is 5.02 Å². The predicted octanol–water partition coefficient (Wildman–Crippen LogP) is 2.62. The second-order valence-corrected chi connectivity index (χ2v) is 4.70. The fourth-order valence-corrected chi connectivity index (χ4v) is 1.86. The minimum Gasteiger partial charge on any atom is -0.484 e. The van der Waals surface area contributed by atoms with Crippen LogP contribution in [0.25, 0.3) is 0 Å². The van der Waals surface area contributed by atoms with Crippen LogP contribution >= 0.6 is 11.6 Å². The number of benzene rings is 2. The molecule has 104 valence electrons. The van der Waals surface area contributed by atoms with Crippen molar-refractivity contribution in [3.8, 4) is 5.75 Å². The minimum atomic E-state index is -0.201. The van der Waals surface area contributed by atoms with Crippen molar-refractivity contribution >= 4 is 23.2 Å². The minimum absolute atomic E-state index is 0.0516. The van der Waals surface area contributed by atoms with Crippen molar-refractivity contribution in [3.63, 3.8) is 0 Å². The number of nitrogens with two attached hydrogens (primary N) is 1. The maximum Gasteiger partial charge on any atom is 0.258 e. The topological polar surface area (TPSA) is 64.3 Å². The molecular formula is C15H15ClN2O2. The smallest absolute Gasteiger partial charge is 0.258 e. The molecule has 0 atom stereocenters. The van der Waals surface area contributed by atoms with Gasteiger partial charge in [-0.25, -0.2) is 0 Å². The van der Waals surface area contributed by atoms with Crippen LogP contribution in [0, 0.1) is 0 Å². The van der Waals surface area contributed by atoms with Crippen LogP contribution < -0.4 is 15.8 Å². The summed E-state index contributed by atoms with van der Waals surface area (Å²) in [4.78, 5) is 11.7. The van der Waals surface area contributed by atoms with Crippen LogP contribution in [0.3, 0.4) is 0 Å². The number of carbonyl (C=O) groups excluding carboxylic acids is 1. The molecule has 0 heterocycles. The van der Waals surface area contributed by atoms with E-state index in [-0.39, 0.29) is 12.5 Å². The molecule has 0 unspecified atom stereocenters. The molecule has 0 radical (unpaired) electrons. The Morgan fingerprint density at radius 2 is 2.00 bits per heavy atom. The Morgan fingerprint density at radius 1 is 1.20 bits per heavy atom. The van der Waals surface area contributed by atoms with Gasteiger partial charge in [0.1, 0.15) is 5.75 Å². The lowest BCUT2D eigenvalue weighted by atomic mass is 10.2. The maximum absolute atomic E-state index is 11.7. The number of amides is 1. The fourth-order valence-electron chi connectivity index (χ4n) is 1.65. The first kappa shape index (κ1) is 14.2. The fraction of sp³-hybridized carbons (Fsp3) is 0.133. The standard InChI is InChI=1S/C15H15ClN2O2/c16-12-4-1-3-11(7-12)9-18-15(19)10-20-14-6-2-5-13(17)8-14/h1-8H,9-10,17H2,(H,18,19). The number of carbonyl (C=O) groups is 1. The van der Waals surface area contributed by atoms with E-state index >= 15 is 0 Å². The molecule has 0 saturated heterocycles. The second kappa shape index (κ2) is 6.82. The molecule has 2 rings (SSSR count). The van der Waals surface area contributed by atoms with Crippen LogP contribution in [0.5, 0.6) is 5.75 Å². The summed E-state index contributed by atoms with van der Waals surface area (Å²) in [7, 11) is 0. The largest absolute Gasteiger partial charge is 0.484 e. The van der Waals surface area contributed by atoms with E-state index in [1.165, 1.54) is 0 Å². The van der Waals surface area contributed by atoms with E-state index in [1.54, 1.807) is 36.4 Å². The van der Waals surface area contributed by atoms with E-state index in [1.807, 2.05) is 12.1 Å². The van der Waals surface area contributed by atoms with Gasteiger partial charge < -0.3 is 15.8 Å². The summed E-state index contributed by atoms with van der Waals surface area (Å²) in [5.41, 5.74) is 7.16. The quantitative estimate of drug-likeness (QED) is 0.832. The summed E-state index contributed by atoms with van der Waals surface area (Å²) in [5, 5.41) is 3.40. The molecule has 0 aliphatic rings. The lowest BCUT2D eigenvalue weighted by Gasteiger charge is -2.08. The summed E-state index contributed by atoms with van der Waals surface area (Å²) in [6.07, 6.45) is 0. The molecule has 0 aliphatic carbocycles. The molecule has 0 aliphatic heterocycles. The number of ether oxygens (including phenoxy) is 1. The van der Waals surface area contributed by atoms with E-state index in [4.69, 9.17) is 22.1 Å². The van der Waals surface area contributed by atoms with E-state index < -0.39 is 0 Å². The molecule has 2 aromatic carbocycles. The number of hydrogen-bond acceptors (Lipinski definition) is 3. The van der Waals surface area contributed by atoms with Gasteiger partial charge in [-0.05, 0) is 29.8 Å². The zero-order chi connectivity index (χ0) is 14.4. The van der Waals surface area contributed by atoms with Crippen molar-refractivity contribution < 1.29 is 9.53 Å². The lowest BCUT2D eigenvalue weighted by molar-refractivity contribution is -0.123. The van der Waals surface area contributed by atoms with Crippen LogP contribution in [0.15, 0.2) is 48.5 Å². The number of anilines is 1. The monoisotopic (exact) mass is 290 g/mol. The van der Waals surface area contributed by atoms with Crippen molar-refractivity contribution in [2.45, 2.75) is 6.54 Å². The highest BCUT2D eigenvalue weighted by Crippen LogP contribution is 2.14. The molecular weight excluding hydrogens is 276 g/mol. The average Bonchev–Trinajstić information content (AvgIpc) is 2.43. The predicted molar refractivity (Wildman–Crippen MR) is 79.6 cm³/mol.